The van der Waals surface area contributed by atoms with Gasteiger partial charge in [-0.15, -0.1) is 0 Å². The molecule has 0 heterocycles. The van der Waals surface area contributed by atoms with Crippen LogP contribution in [0.1, 0.15) is 67.7 Å². The van der Waals surface area contributed by atoms with Gasteiger partial charge in [-0.1, -0.05) is 61.9 Å². The first-order valence-electron chi connectivity index (χ1n) is 16.3. The van der Waals surface area contributed by atoms with Crippen molar-refractivity contribution in [1.29, 1.82) is 0 Å². The number of aryl methyl sites for hydroxylation is 1. The maximum absolute atomic E-state index is 6.13. The monoisotopic (exact) mass is 596 g/mol. The van der Waals surface area contributed by atoms with Crippen molar-refractivity contribution in [2.45, 2.75) is 63.7 Å². The number of rotatable bonds is 11. The maximum atomic E-state index is 6.13. The lowest BCUT2D eigenvalue weighted by Gasteiger charge is -2.41. The Hall–Kier alpha value is -4.70. The molecule has 0 spiro atoms. The summed E-state index contributed by atoms with van der Waals surface area (Å²) in [5.41, 5.74) is 18.7. The number of hydrogen-bond acceptors (Lipinski definition) is 4. The fourth-order valence-corrected chi connectivity index (χ4v) is 6.70. The molecule has 0 saturated heterocycles. The van der Waals surface area contributed by atoms with Gasteiger partial charge >= 0.3 is 0 Å². The maximum Gasteiger partial charge on any atom is 0.127 e. The molecule has 1 saturated carbocycles. The van der Waals surface area contributed by atoms with Gasteiger partial charge in [0.15, 0.2) is 0 Å². The van der Waals surface area contributed by atoms with E-state index in [1.807, 2.05) is 48.5 Å². The summed E-state index contributed by atoms with van der Waals surface area (Å²) in [7, 11) is 0. The highest BCUT2D eigenvalue weighted by molar-refractivity contribution is 5.47. The summed E-state index contributed by atoms with van der Waals surface area (Å²) in [6.45, 7) is 2.25. The fourth-order valence-electron chi connectivity index (χ4n) is 6.70. The first-order valence-corrected chi connectivity index (χ1v) is 16.3. The van der Waals surface area contributed by atoms with Gasteiger partial charge in [0.25, 0.3) is 0 Å². The predicted octanol–water partition coefficient (Wildman–Crippen LogP) is 10.5. The SMILES string of the molecule is CCCCc1ccc(CC2CCC(c3ccc(Oc4ccc(N)cc4)cc3)(c3ccc(Oc4ccc(N)cc4)cc3)CC2)cc1. The lowest BCUT2D eigenvalue weighted by Crippen LogP contribution is -2.33. The average molecular weight is 597 g/mol. The van der Waals surface area contributed by atoms with Crippen LogP contribution in [0.2, 0.25) is 0 Å². The van der Waals surface area contributed by atoms with E-state index in [2.05, 4.69) is 79.7 Å². The molecule has 6 rings (SSSR count). The van der Waals surface area contributed by atoms with Crippen LogP contribution >= 0.6 is 0 Å². The van der Waals surface area contributed by atoms with Crippen LogP contribution in [0, 0.1) is 5.92 Å². The molecule has 1 aliphatic rings. The standard InChI is InChI=1S/C41H44N2O2/c1-2-3-4-30-5-7-31(8-6-30)29-32-25-27-41(28-26-32,33-9-17-37(18-10-33)44-39-21-13-35(42)14-22-39)34-11-19-38(20-12-34)45-40-23-15-36(43)16-24-40/h5-24,32H,2-4,25-29,42-43H2,1H3. The minimum Gasteiger partial charge on any atom is -0.457 e. The van der Waals surface area contributed by atoms with Crippen LogP contribution in [0.4, 0.5) is 11.4 Å². The number of anilines is 2. The third kappa shape index (κ3) is 7.51. The summed E-state index contributed by atoms with van der Waals surface area (Å²) in [6.07, 6.45) is 9.39. The zero-order chi connectivity index (χ0) is 31.1. The Morgan fingerprint density at radius 1 is 0.556 bits per heavy atom. The summed E-state index contributed by atoms with van der Waals surface area (Å²) in [6, 6.07) is 41.8. The lowest BCUT2D eigenvalue weighted by molar-refractivity contribution is 0.264. The van der Waals surface area contributed by atoms with Crippen molar-refractivity contribution in [2.24, 2.45) is 5.92 Å². The Bertz CT molecular complexity index is 1540. The Kier molecular flexibility index (Phi) is 9.40. The van der Waals surface area contributed by atoms with E-state index in [9.17, 15) is 0 Å². The van der Waals surface area contributed by atoms with Crippen molar-refractivity contribution in [3.8, 4) is 23.0 Å². The van der Waals surface area contributed by atoms with Crippen LogP contribution in [0.5, 0.6) is 23.0 Å². The quantitative estimate of drug-likeness (QED) is 0.149. The first-order chi connectivity index (χ1) is 22.0. The Morgan fingerprint density at radius 3 is 1.38 bits per heavy atom. The van der Waals surface area contributed by atoms with E-state index in [0.29, 0.717) is 5.92 Å². The van der Waals surface area contributed by atoms with Gasteiger partial charge in [-0.05, 0) is 146 Å². The average Bonchev–Trinajstić information content (AvgIpc) is 3.08. The van der Waals surface area contributed by atoms with E-state index in [4.69, 9.17) is 20.9 Å². The van der Waals surface area contributed by atoms with Gasteiger partial charge in [-0.3, -0.25) is 0 Å². The van der Waals surface area contributed by atoms with Crippen LogP contribution in [0.15, 0.2) is 121 Å². The van der Waals surface area contributed by atoms with Gasteiger partial charge in [-0.2, -0.15) is 0 Å². The Balaban J connectivity index is 1.21. The number of unbranched alkanes of at least 4 members (excludes halogenated alkanes) is 1. The zero-order valence-corrected chi connectivity index (χ0v) is 26.3. The third-order valence-electron chi connectivity index (χ3n) is 9.37. The Morgan fingerprint density at radius 2 is 0.956 bits per heavy atom. The van der Waals surface area contributed by atoms with Crippen molar-refractivity contribution < 1.29 is 9.47 Å². The summed E-state index contributed by atoms with van der Waals surface area (Å²) in [5.74, 6) is 3.88. The number of ether oxygens (including phenoxy) is 2. The van der Waals surface area contributed by atoms with Crippen LogP contribution in [0.25, 0.3) is 0 Å². The van der Waals surface area contributed by atoms with Crippen LogP contribution < -0.4 is 20.9 Å². The van der Waals surface area contributed by atoms with Crippen molar-refractivity contribution in [3.63, 3.8) is 0 Å². The molecule has 0 bridgehead atoms. The second kappa shape index (κ2) is 13.9. The molecule has 0 amide bonds. The van der Waals surface area contributed by atoms with Crippen LogP contribution in [-0.4, -0.2) is 0 Å². The molecular formula is C41H44N2O2. The predicted molar refractivity (Wildman–Crippen MR) is 186 cm³/mol. The largest absolute Gasteiger partial charge is 0.457 e. The minimum absolute atomic E-state index is 0.0695. The lowest BCUT2D eigenvalue weighted by atomic mass is 9.62. The summed E-state index contributed by atoms with van der Waals surface area (Å²) < 4.78 is 12.3. The molecule has 5 aromatic rings. The zero-order valence-electron chi connectivity index (χ0n) is 26.3. The van der Waals surface area contributed by atoms with E-state index in [1.165, 1.54) is 54.4 Å². The van der Waals surface area contributed by atoms with Gasteiger partial charge in [-0.25, -0.2) is 0 Å². The number of nitrogens with two attached hydrogens (primary N) is 2. The minimum atomic E-state index is -0.0695. The van der Waals surface area contributed by atoms with Gasteiger partial charge < -0.3 is 20.9 Å². The summed E-state index contributed by atoms with van der Waals surface area (Å²) in [4.78, 5) is 0. The van der Waals surface area contributed by atoms with E-state index in [-0.39, 0.29) is 5.41 Å². The molecule has 4 N–H and O–H groups in total. The molecule has 1 aliphatic carbocycles. The molecule has 0 atom stereocenters. The van der Waals surface area contributed by atoms with E-state index in [0.717, 1.165) is 53.6 Å². The molecule has 0 unspecified atom stereocenters. The molecule has 0 aliphatic heterocycles. The van der Waals surface area contributed by atoms with E-state index in [1.54, 1.807) is 0 Å². The van der Waals surface area contributed by atoms with Crippen LogP contribution in [-0.2, 0) is 18.3 Å². The molecule has 45 heavy (non-hydrogen) atoms. The van der Waals surface area contributed by atoms with Gasteiger partial charge in [0.2, 0.25) is 0 Å². The first kappa shape index (κ1) is 30.3. The van der Waals surface area contributed by atoms with Crippen molar-refractivity contribution >= 4 is 11.4 Å². The molecule has 0 radical (unpaired) electrons. The number of benzene rings is 5. The summed E-state index contributed by atoms with van der Waals surface area (Å²) in [5, 5.41) is 0. The highest BCUT2D eigenvalue weighted by Crippen LogP contribution is 2.48. The third-order valence-corrected chi connectivity index (χ3v) is 9.37. The summed E-state index contributed by atoms with van der Waals surface area (Å²) >= 11 is 0. The molecule has 0 aromatic heterocycles. The number of nitrogen functional groups attached to an aromatic ring is 2. The molecule has 4 heteroatoms. The van der Waals surface area contributed by atoms with Crippen molar-refractivity contribution in [3.05, 3.63) is 144 Å². The van der Waals surface area contributed by atoms with Gasteiger partial charge in [0.05, 0.1) is 0 Å². The van der Waals surface area contributed by atoms with E-state index < -0.39 is 0 Å². The fraction of sp³-hybridized carbons (Fsp3) is 0.268. The molecule has 4 nitrogen and oxygen atoms in total. The van der Waals surface area contributed by atoms with Crippen LogP contribution in [0.3, 0.4) is 0 Å². The number of hydrogen-bond donors (Lipinski definition) is 2. The second-order valence-corrected chi connectivity index (χ2v) is 12.5. The molecular weight excluding hydrogens is 552 g/mol. The van der Waals surface area contributed by atoms with Crippen molar-refractivity contribution in [2.75, 3.05) is 11.5 Å². The van der Waals surface area contributed by atoms with E-state index >= 15 is 0 Å². The molecule has 5 aromatic carbocycles. The Labute approximate surface area is 268 Å². The topological polar surface area (TPSA) is 70.5 Å². The van der Waals surface area contributed by atoms with Gasteiger partial charge in [0, 0.05) is 16.8 Å². The smallest absolute Gasteiger partial charge is 0.127 e. The van der Waals surface area contributed by atoms with Gasteiger partial charge in [0.1, 0.15) is 23.0 Å². The highest BCUT2D eigenvalue weighted by atomic mass is 16.5. The highest BCUT2D eigenvalue weighted by Gasteiger charge is 2.38. The normalized spacial score (nSPS) is 14.6. The second-order valence-electron chi connectivity index (χ2n) is 12.5. The van der Waals surface area contributed by atoms with Crippen molar-refractivity contribution in [1.82, 2.24) is 0 Å². The molecule has 230 valence electrons. The molecule has 1 fully saturated rings.